The number of nitrogens with one attached hydrogen (secondary N) is 1. The van der Waals surface area contributed by atoms with Gasteiger partial charge in [0.15, 0.2) is 17.4 Å². The summed E-state index contributed by atoms with van der Waals surface area (Å²) < 4.78 is 25.8. The lowest BCUT2D eigenvalue weighted by Gasteiger charge is -2.26. The molecule has 1 aliphatic carbocycles. The van der Waals surface area contributed by atoms with Crippen LogP contribution in [0.2, 0.25) is 0 Å². The predicted octanol–water partition coefficient (Wildman–Crippen LogP) is 5.92. The monoisotopic (exact) mass is 605 g/mol. The van der Waals surface area contributed by atoms with Gasteiger partial charge in [0.2, 0.25) is 0 Å². The van der Waals surface area contributed by atoms with Gasteiger partial charge in [-0.1, -0.05) is 0 Å². The molecule has 1 unspecified atom stereocenters. The largest absolute Gasteiger partial charge is 0.482 e. The molecule has 1 atom stereocenters. The molecule has 0 amide bonds. The van der Waals surface area contributed by atoms with Crippen molar-refractivity contribution in [3.63, 3.8) is 0 Å². The summed E-state index contributed by atoms with van der Waals surface area (Å²) in [7, 11) is 0. The van der Waals surface area contributed by atoms with Crippen LogP contribution in [0.4, 0.5) is 10.2 Å². The van der Waals surface area contributed by atoms with E-state index in [0.29, 0.717) is 39.8 Å². The minimum Gasteiger partial charge on any atom is -0.482 e. The summed E-state index contributed by atoms with van der Waals surface area (Å²) in [4.78, 5) is 8.55. The molecular formula is C23H22Br2FN7O2. The van der Waals surface area contributed by atoms with Crippen LogP contribution in [0.25, 0.3) is 11.4 Å². The Morgan fingerprint density at radius 1 is 1.20 bits per heavy atom. The molecule has 4 aromatic rings. The van der Waals surface area contributed by atoms with Gasteiger partial charge in [-0.2, -0.15) is 10.2 Å². The molecule has 0 saturated heterocycles. The van der Waals surface area contributed by atoms with E-state index in [-0.39, 0.29) is 5.82 Å². The van der Waals surface area contributed by atoms with Crippen molar-refractivity contribution in [1.82, 2.24) is 29.5 Å². The van der Waals surface area contributed by atoms with Gasteiger partial charge in [-0.3, -0.25) is 9.89 Å². The third kappa shape index (κ3) is 4.82. The first-order valence-corrected chi connectivity index (χ1v) is 12.6. The van der Waals surface area contributed by atoms with E-state index in [1.165, 1.54) is 31.1 Å². The Balaban J connectivity index is 1.46. The molecule has 5 rings (SSSR count). The first-order valence-electron chi connectivity index (χ1n) is 11.1. The van der Waals surface area contributed by atoms with Gasteiger partial charge in [-0.25, -0.2) is 24.5 Å². The van der Waals surface area contributed by atoms with Gasteiger partial charge in [0.05, 0.1) is 18.8 Å². The van der Waals surface area contributed by atoms with E-state index in [4.69, 9.17) is 4.74 Å². The molecule has 0 aliphatic heterocycles. The number of aromatic nitrogens is 6. The van der Waals surface area contributed by atoms with Crippen LogP contribution in [-0.2, 0) is 6.54 Å². The van der Waals surface area contributed by atoms with Gasteiger partial charge in [-0.15, -0.1) is 0 Å². The van der Waals surface area contributed by atoms with Crippen molar-refractivity contribution in [3.05, 3.63) is 69.0 Å². The zero-order valence-corrected chi connectivity index (χ0v) is 21.9. The van der Waals surface area contributed by atoms with E-state index < -0.39 is 11.9 Å². The lowest BCUT2D eigenvalue weighted by Crippen LogP contribution is -2.18. The minimum absolute atomic E-state index is 0.148. The first-order chi connectivity index (χ1) is 16.9. The third-order valence-electron chi connectivity index (χ3n) is 6.08. The predicted molar refractivity (Wildman–Crippen MR) is 134 cm³/mol. The molecule has 35 heavy (non-hydrogen) atoms. The van der Waals surface area contributed by atoms with Gasteiger partial charge in [0.1, 0.15) is 22.9 Å². The van der Waals surface area contributed by atoms with Crippen molar-refractivity contribution < 1.29 is 14.3 Å². The van der Waals surface area contributed by atoms with E-state index >= 15 is 0 Å². The number of pyridine rings is 1. The van der Waals surface area contributed by atoms with Gasteiger partial charge in [0.25, 0.3) is 0 Å². The molecule has 2 N–H and O–H groups in total. The second-order valence-electron chi connectivity index (χ2n) is 8.33. The fourth-order valence-corrected chi connectivity index (χ4v) is 4.97. The Kier molecular flexibility index (Phi) is 6.85. The Bertz CT molecular complexity index is 1360. The minimum atomic E-state index is -0.595. The summed E-state index contributed by atoms with van der Waals surface area (Å²) in [5, 5.41) is 18.4. The maximum atomic E-state index is 14.3. The van der Waals surface area contributed by atoms with Crippen LogP contribution in [0.5, 0.6) is 5.75 Å². The van der Waals surface area contributed by atoms with E-state index in [1.807, 2.05) is 16.4 Å². The second kappa shape index (κ2) is 10.0. The zero-order chi connectivity index (χ0) is 24.5. The third-order valence-corrected chi connectivity index (χ3v) is 7.39. The molecular weight excluding hydrogens is 585 g/mol. The Hall–Kier alpha value is -2.83. The standard InChI is InChI=1S/C23H22Br2FN7O2/c1-13(35-20-7-15(24)10-27-22(20)31-34)19-8-16(26)5-6-18(19)23-28-12-30-32(23)11-14-9-29-33(21(14)25)17-3-2-4-17/h5-10,12-13,17,34H,2-4,11H2,1H3,(H,27,31). The maximum Gasteiger partial charge on any atom is 0.192 e. The number of rotatable bonds is 8. The summed E-state index contributed by atoms with van der Waals surface area (Å²) in [6.45, 7) is 2.24. The van der Waals surface area contributed by atoms with Crippen molar-refractivity contribution in [1.29, 1.82) is 0 Å². The van der Waals surface area contributed by atoms with Crippen molar-refractivity contribution in [2.24, 2.45) is 0 Å². The van der Waals surface area contributed by atoms with Crippen LogP contribution in [0.1, 0.15) is 49.5 Å². The van der Waals surface area contributed by atoms with Gasteiger partial charge >= 0.3 is 0 Å². The Morgan fingerprint density at radius 2 is 2.03 bits per heavy atom. The Morgan fingerprint density at radius 3 is 2.77 bits per heavy atom. The molecule has 3 aromatic heterocycles. The summed E-state index contributed by atoms with van der Waals surface area (Å²) in [5.74, 6) is 0.627. The van der Waals surface area contributed by atoms with Crippen LogP contribution in [0, 0.1) is 5.82 Å². The number of anilines is 1. The number of benzene rings is 1. The highest BCUT2D eigenvalue weighted by molar-refractivity contribution is 9.10. The number of hydrogen-bond acceptors (Lipinski definition) is 7. The average Bonchev–Trinajstić information content (AvgIpc) is 3.40. The molecule has 1 saturated carbocycles. The number of hydrogen-bond donors (Lipinski definition) is 2. The maximum absolute atomic E-state index is 14.3. The first kappa shape index (κ1) is 23.9. The van der Waals surface area contributed by atoms with Crippen molar-refractivity contribution in [2.75, 3.05) is 5.48 Å². The molecule has 1 fully saturated rings. The van der Waals surface area contributed by atoms with E-state index in [2.05, 4.69) is 52.0 Å². The lowest BCUT2D eigenvalue weighted by molar-refractivity contribution is 0.225. The molecule has 0 bridgehead atoms. The van der Waals surface area contributed by atoms with Gasteiger partial charge in [-0.05, 0) is 82.3 Å². The molecule has 0 radical (unpaired) electrons. The molecule has 9 nitrogen and oxygen atoms in total. The summed E-state index contributed by atoms with van der Waals surface area (Å²) in [5.41, 5.74) is 4.26. The molecule has 1 aromatic carbocycles. The number of halogens is 3. The van der Waals surface area contributed by atoms with Crippen LogP contribution >= 0.6 is 31.9 Å². The fourth-order valence-electron chi connectivity index (χ4n) is 4.05. The summed E-state index contributed by atoms with van der Waals surface area (Å²) >= 11 is 7.04. The average molecular weight is 607 g/mol. The molecule has 1 aliphatic rings. The van der Waals surface area contributed by atoms with Crippen LogP contribution in [0.3, 0.4) is 0 Å². The normalized spacial score (nSPS) is 14.5. The van der Waals surface area contributed by atoms with E-state index in [0.717, 1.165) is 23.0 Å². The second-order valence-corrected chi connectivity index (χ2v) is 10.0. The quantitative estimate of drug-likeness (QED) is 0.240. The highest BCUT2D eigenvalue weighted by Gasteiger charge is 2.25. The highest BCUT2D eigenvalue weighted by atomic mass is 79.9. The van der Waals surface area contributed by atoms with Crippen LogP contribution < -0.4 is 10.2 Å². The summed E-state index contributed by atoms with van der Waals surface area (Å²) in [6, 6.07) is 6.57. The topological polar surface area (TPSA) is 103 Å². The van der Waals surface area contributed by atoms with E-state index in [9.17, 15) is 9.60 Å². The highest BCUT2D eigenvalue weighted by Crippen LogP contribution is 2.36. The Labute approximate surface area is 217 Å². The van der Waals surface area contributed by atoms with Crippen molar-refractivity contribution in [2.45, 2.75) is 44.9 Å². The zero-order valence-electron chi connectivity index (χ0n) is 18.7. The van der Waals surface area contributed by atoms with Crippen molar-refractivity contribution in [3.8, 4) is 17.1 Å². The van der Waals surface area contributed by atoms with Crippen LogP contribution in [-0.4, -0.2) is 34.7 Å². The number of ether oxygens (including phenoxy) is 1. The number of nitrogens with zero attached hydrogens (tertiary/aromatic N) is 6. The molecule has 182 valence electrons. The lowest BCUT2D eigenvalue weighted by atomic mass is 9.93. The van der Waals surface area contributed by atoms with Gasteiger partial charge < -0.3 is 4.74 Å². The van der Waals surface area contributed by atoms with Crippen LogP contribution in [0.15, 0.2) is 52.1 Å². The SMILES string of the molecule is CC(Oc1cc(Br)cnc1NO)c1cc(F)ccc1-c1ncnn1Cc1cnn(C2CCC2)c1Br. The molecule has 0 spiro atoms. The smallest absolute Gasteiger partial charge is 0.192 e. The van der Waals surface area contributed by atoms with Crippen molar-refractivity contribution >= 4 is 37.7 Å². The molecule has 12 heteroatoms. The van der Waals surface area contributed by atoms with E-state index in [1.54, 1.807) is 23.7 Å². The molecule has 3 heterocycles. The summed E-state index contributed by atoms with van der Waals surface area (Å²) in [6.07, 6.45) is 7.73. The van der Waals surface area contributed by atoms with Gasteiger partial charge in [0, 0.05) is 27.4 Å². The fraction of sp³-hybridized carbons (Fsp3) is 0.304.